The predicted molar refractivity (Wildman–Crippen MR) is 87.6 cm³/mol. The number of aromatic nitrogens is 2. The Morgan fingerprint density at radius 3 is 2.73 bits per heavy atom. The Kier molecular flexibility index (Phi) is 4.11. The first-order valence-electron chi connectivity index (χ1n) is 6.71. The van der Waals surface area contributed by atoms with Crippen molar-refractivity contribution in [3.8, 4) is 5.69 Å². The summed E-state index contributed by atoms with van der Waals surface area (Å²) in [5.74, 6) is -0.190. The van der Waals surface area contributed by atoms with E-state index in [1.165, 1.54) is 11.3 Å². The van der Waals surface area contributed by atoms with Gasteiger partial charge in [-0.2, -0.15) is 5.10 Å². The number of hydrogen-bond acceptors (Lipinski definition) is 4. The van der Waals surface area contributed by atoms with Crippen LogP contribution in [0.2, 0.25) is 0 Å². The maximum atomic E-state index is 11.8. The lowest BCUT2D eigenvalue weighted by atomic mass is 10.1. The summed E-state index contributed by atoms with van der Waals surface area (Å²) in [7, 11) is 0. The lowest BCUT2D eigenvalue weighted by molar-refractivity contribution is 0.0959. The van der Waals surface area contributed by atoms with Crippen LogP contribution in [0, 0.1) is 0 Å². The fourth-order valence-electron chi connectivity index (χ4n) is 1.95. The highest BCUT2D eigenvalue weighted by molar-refractivity contribution is 7.12. The van der Waals surface area contributed by atoms with Gasteiger partial charge in [0.25, 0.3) is 5.91 Å². The molecule has 0 saturated carbocycles. The third-order valence-corrected chi connectivity index (χ3v) is 4.03. The number of carbonyl (C=O) groups excluding carboxylic acids is 1. The van der Waals surface area contributed by atoms with E-state index in [1.807, 2.05) is 53.4 Å². The maximum absolute atomic E-state index is 11.8. The number of rotatable bonds is 4. The second-order valence-corrected chi connectivity index (χ2v) is 5.58. The Hall–Kier alpha value is -2.73. The van der Waals surface area contributed by atoms with E-state index >= 15 is 0 Å². The Morgan fingerprint density at radius 2 is 2.09 bits per heavy atom. The van der Waals surface area contributed by atoms with Crippen LogP contribution in [-0.4, -0.2) is 21.2 Å². The van der Waals surface area contributed by atoms with Gasteiger partial charge in [-0.05, 0) is 36.1 Å². The fraction of sp³-hybridized carbons (Fsp3) is 0.0625. The Bertz CT molecular complexity index is 774. The minimum atomic E-state index is -0.190. The monoisotopic (exact) mass is 310 g/mol. The lowest BCUT2D eigenvalue weighted by Crippen LogP contribution is -2.18. The average molecular weight is 310 g/mol. The number of hydrazone groups is 1. The first-order valence-corrected chi connectivity index (χ1v) is 7.59. The molecule has 3 aromatic rings. The van der Waals surface area contributed by atoms with E-state index < -0.39 is 0 Å². The molecule has 0 aliphatic rings. The molecule has 0 aliphatic carbocycles. The van der Waals surface area contributed by atoms with Gasteiger partial charge in [-0.15, -0.1) is 11.3 Å². The van der Waals surface area contributed by atoms with Crippen LogP contribution in [-0.2, 0) is 0 Å². The van der Waals surface area contributed by atoms with Gasteiger partial charge in [0, 0.05) is 18.1 Å². The van der Waals surface area contributed by atoms with Gasteiger partial charge in [0.1, 0.15) is 0 Å². The fourth-order valence-corrected chi connectivity index (χ4v) is 2.56. The van der Waals surface area contributed by atoms with E-state index in [1.54, 1.807) is 18.6 Å². The molecule has 0 radical (unpaired) electrons. The molecule has 2 heterocycles. The summed E-state index contributed by atoms with van der Waals surface area (Å²) < 4.78 is 1.93. The van der Waals surface area contributed by atoms with Gasteiger partial charge in [-0.25, -0.2) is 10.4 Å². The molecule has 110 valence electrons. The van der Waals surface area contributed by atoms with E-state index in [2.05, 4.69) is 15.5 Å². The normalized spacial score (nSPS) is 11.4. The van der Waals surface area contributed by atoms with Crippen molar-refractivity contribution in [1.29, 1.82) is 0 Å². The number of thiophene rings is 1. The Balaban J connectivity index is 1.70. The molecule has 2 aromatic heterocycles. The predicted octanol–water partition coefficient (Wildman–Crippen LogP) is 3.09. The van der Waals surface area contributed by atoms with Crippen molar-refractivity contribution >= 4 is 23.0 Å². The topological polar surface area (TPSA) is 59.3 Å². The summed E-state index contributed by atoms with van der Waals surface area (Å²) in [5, 5.41) is 6.01. The Morgan fingerprint density at radius 1 is 1.27 bits per heavy atom. The molecular formula is C16H14N4OS. The molecule has 1 amide bonds. The van der Waals surface area contributed by atoms with Gasteiger partial charge in [0.2, 0.25) is 0 Å². The van der Waals surface area contributed by atoms with Gasteiger partial charge in [-0.1, -0.05) is 18.2 Å². The van der Waals surface area contributed by atoms with Crippen LogP contribution in [0.4, 0.5) is 0 Å². The first-order chi connectivity index (χ1) is 10.7. The smallest absolute Gasteiger partial charge is 0.281 e. The van der Waals surface area contributed by atoms with Gasteiger partial charge in [0.05, 0.1) is 16.9 Å². The summed E-state index contributed by atoms with van der Waals surface area (Å²) in [6, 6.07) is 11.5. The number of amides is 1. The van der Waals surface area contributed by atoms with Crippen LogP contribution in [0.15, 0.2) is 65.6 Å². The summed E-state index contributed by atoms with van der Waals surface area (Å²) in [4.78, 5) is 16.5. The van der Waals surface area contributed by atoms with E-state index in [-0.39, 0.29) is 5.91 Å². The maximum Gasteiger partial charge on any atom is 0.281 e. The molecule has 3 rings (SSSR count). The van der Waals surface area contributed by atoms with Crippen LogP contribution >= 0.6 is 11.3 Å². The van der Waals surface area contributed by atoms with Crippen molar-refractivity contribution in [2.24, 2.45) is 5.10 Å². The minimum Gasteiger partial charge on any atom is -0.306 e. The molecule has 0 saturated heterocycles. The van der Waals surface area contributed by atoms with Crippen molar-refractivity contribution in [2.75, 3.05) is 0 Å². The SMILES string of the molecule is C/C(=N/NC(=O)c1cccs1)c1ccc(-n2ccnc2)cc1. The number of carbonyl (C=O) groups is 1. The van der Waals surface area contributed by atoms with Crippen molar-refractivity contribution in [3.05, 3.63) is 70.9 Å². The van der Waals surface area contributed by atoms with Crippen molar-refractivity contribution in [3.63, 3.8) is 0 Å². The Labute approximate surface area is 131 Å². The largest absolute Gasteiger partial charge is 0.306 e. The van der Waals surface area contributed by atoms with Crippen LogP contribution in [0.3, 0.4) is 0 Å². The van der Waals surface area contributed by atoms with Crippen LogP contribution in [0.5, 0.6) is 0 Å². The van der Waals surface area contributed by atoms with E-state index in [4.69, 9.17) is 0 Å². The molecule has 0 unspecified atom stereocenters. The number of nitrogens with zero attached hydrogens (tertiary/aromatic N) is 3. The summed E-state index contributed by atoms with van der Waals surface area (Å²) in [6.45, 7) is 1.86. The summed E-state index contributed by atoms with van der Waals surface area (Å²) in [6.07, 6.45) is 5.37. The minimum absolute atomic E-state index is 0.190. The van der Waals surface area contributed by atoms with Crippen molar-refractivity contribution in [2.45, 2.75) is 6.92 Å². The highest BCUT2D eigenvalue weighted by Crippen LogP contribution is 2.11. The summed E-state index contributed by atoms with van der Waals surface area (Å²) >= 11 is 1.39. The molecule has 1 N–H and O–H groups in total. The molecular weight excluding hydrogens is 296 g/mol. The zero-order valence-corrected chi connectivity index (χ0v) is 12.7. The van der Waals surface area contributed by atoms with E-state index in [0.29, 0.717) is 4.88 Å². The standard InChI is InChI=1S/C16H14N4OS/c1-12(18-19-16(21)15-3-2-10-22-15)13-4-6-14(7-5-13)20-9-8-17-11-20/h2-11H,1H3,(H,19,21)/b18-12-. The lowest BCUT2D eigenvalue weighted by Gasteiger charge is -2.05. The third-order valence-electron chi connectivity index (χ3n) is 3.16. The van der Waals surface area contributed by atoms with Crippen LogP contribution < -0.4 is 5.43 Å². The second kappa shape index (κ2) is 6.36. The molecule has 0 bridgehead atoms. The van der Waals surface area contributed by atoms with Gasteiger partial charge < -0.3 is 4.57 Å². The molecule has 1 aromatic carbocycles. The molecule has 5 nitrogen and oxygen atoms in total. The van der Waals surface area contributed by atoms with Crippen LogP contribution in [0.1, 0.15) is 22.2 Å². The number of imidazole rings is 1. The molecule has 0 aliphatic heterocycles. The summed E-state index contributed by atoms with van der Waals surface area (Å²) in [5.41, 5.74) is 5.30. The highest BCUT2D eigenvalue weighted by atomic mass is 32.1. The first kappa shape index (κ1) is 14.2. The molecule has 22 heavy (non-hydrogen) atoms. The zero-order valence-electron chi connectivity index (χ0n) is 11.9. The van der Waals surface area contributed by atoms with Crippen LogP contribution in [0.25, 0.3) is 5.69 Å². The molecule has 0 fully saturated rings. The van der Waals surface area contributed by atoms with E-state index in [9.17, 15) is 4.79 Å². The highest BCUT2D eigenvalue weighted by Gasteiger charge is 2.05. The van der Waals surface area contributed by atoms with Gasteiger partial charge in [0.15, 0.2) is 0 Å². The molecule has 0 spiro atoms. The van der Waals surface area contributed by atoms with Gasteiger partial charge >= 0.3 is 0 Å². The molecule has 0 atom stereocenters. The second-order valence-electron chi connectivity index (χ2n) is 4.63. The number of benzene rings is 1. The van der Waals surface area contributed by atoms with Gasteiger partial charge in [-0.3, -0.25) is 4.79 Å². The quantitative estimate of drug-likeness (QED) is 0.594. The third kappa shape index (κ3) is 3.12. The van der Waals surface area contributed by atoms with Crippen molar-refractivity contribution < 1.29 is 4.79 Å². The number of nitrogens with one attached hydrogen (secondary N) is 1. The van der Waals surface area contributed by atoms with Crippen molar-refractivity contribution in [1.82, 2.24) is 15.0 Å². The zero-order chi connectivity index (χ0) is 15.4. The van der Waals surface area contributed by atoms with E-state index in [0.717, 1.165) is 17.0 Å². The average Bonchev–Trinajstić information content (AvgIpc) is 3.25. The molecule has 6 heteroatoms. The number of hydrogen-bond donors (Lipinski definition) is 1.